The van der Waals surface area contributed by atoms with Crippen LogP contribution in [-0.4, -0.2) is 42.5 Å². The van der Waals surface area contributed by atoms with Gasteiger partial charge in [0.05, 0.1) is 7.11 Å². The van der Waals surface area contributed by atoms with Gasteiger partial charge in [0.15, 0.2) is 0 Å². The van der Waals surface area contributed by atoms with Crippen molar-refractivity contribution in [3.8, 4) is 5.75 Å². The average molecular weight is 266 g/mol. The molecule has 1 aliphatic rings. The summed E-state index contributed by atoms with van der Waals surface area (Å²) in [5.41, 5.74) is 6.91. The molecule has 0 aliphatic carbocycles. The van der Waals surface area contributed by atoms with E-state index >= 15 is 0 Å². The summed E-state index contributed by atoms with van der Waals surface area (Å²) in [6, 6.07) is 5.47. The smallest absolute Gasteiger partial charge is 0.254 e. The molecule has 0 bridgehead atoms. The summed E-state index contributed by atoms with van der Waals surface area (Å²) in [7, 11) is 3.43. The van der Waals surface area contributed by atoms with Crippen molar-refractivity contribution in [3.05, 3.63) is 23.8 Å². The number of nitrogens with zero attached hydrogens (tertiary/aromatic N) is 1. The predicted octanol–water partition coefficient (Wildman–Crippen LogP) is 1.85. The largest absolute Gasteiger partial charge is 0.497 e. The van der Waals surface area contributed by atoms with E-state index in [1.54, 1.807) is 25.3 Å². The van der Waals surface area contributed by atoms with Gasteiger partial charge in [0.1, 0.15) is 5.75 Å². The third kappa shape index (κ3) is 2.72. The van der Waals surface area contributed by atoms with E-state index in [-0.39, 0.29) is 5.91 Å². The lowest BCUT2D eigenvalue weighted by molar-refractivity contribution is 0.0747. The van der Waals surface area contributed by atoms with E-state index < -0.39 is 0 Å². The number of rotatable bonds is 3. The SMILES string of the molecule is COc1cc(N)cc(C(=O)N(C)C2CCSC2)c1. The predicted molar refractivity (Wildman–Crippen MR) is 75.2 cm³/mol. The molecule has 5 heteroatoms. The normalized spacial score (nSPS) is 18.7. The van der Waals surface area contributed by atoms with Crippen molar-refractivity contribution >= 4 is 23.4 Å². The van der Waals surface area contributed by atoms with Gasteiger partial charge >= 0.3 is 0 Å². The second-order valence-electron chi connectivity index (χ2n) is 4.43. The Labute approximate surface area is 111 Å². The van der Waals surface area contributed by atoms with Crippen LogP contribution in [0.15, 0.2) is 18.2 Å². The van der Waals surface area contributed by atoms with E-state index in [9.17, 15) is 4.79 Å². The van der Waals surface area contributed by atoms with Crippen LogP contribution < -0.4 is 10.5 Å². The molecule has 1 amide bonds. The topological polar surface area (TPSA) is 55.6 Å². The summed E-state index contributed by atoms with van der Waals surface area (Å²) in [6.07, 6.45) is 1.06. The lowest BCUT2D eigenvalue weighted by Crippen LogP contribution is -2.37. The quantitative estimate of drug-likeness (QED) is 0.848. The number of nitrogens with two attached hydrogens (primary N) is 1. The number of ether oxygens (including phenoxy) is 1. The number of hydrogen-bond acceptors (Lipinski definition) is 4. The maximum absolute atomic E-state index is 12.4. The minimum absolute atomic E-state index is 0.00750. The lowest BCUT2D eigenvalue weighted by Gasteiger charge is -2.24. The van der Waals surface area contributed by atoms with Gasteiger partial charge in [-0.05, 0) is 24.3 Å². The third-order valence-electron chi connectivity index (χ3n) is 3.19. The van der Waals surface area contributed by atoms with Crippen LogP contribution in [0.3, 0.4) is 0 Å². The summed E-state index contributed by atoms with van der Waals surface area (Å²) in [5.74, 6) is 2.77. The Morgan fingerprint density at radius 2 is 2.28 bits per heavy atom. The number of carbonyl (C=O) groups is 1. The number of anilines is 1. The van der Waals surface area contributed by atoms with Gasteiger partial charge in [0.25, 0.3) is 5.91 Å². The molecule has 1 heterocycles. The molecule has 1 atom stereocenters. The Morgan fingerprint density at radius 3 is 2.89 bits per heavy atom. The molecule has 1 fully saturated rings. The van der Waals surface area contributed by atoms with Crippen molar-refractivity contribution < 1.29 is 9.53 Å². The van der Waals surface area contributed by atoms with Crippen molar-refractivity contribution in [1.82, 2.24) is 4.90 Å². The first kappa shape index (κ1) is 13.1. The zero-order chi connectivity index (χ0) is 13.1. The summed E-state index contributed by atoms with van der Waals surface area (Å²) < 4.78 is 5.14. The third-order valence-corrected chi connectivity index (χ3v) is 4.33. The zero-order valence-electron chi connectivity index (χ0n) is 10.7. The van der Waals surface area contributed by atoms with Gasteiger partial charge in [0.2, 0.25) is 0 Å². The van der Waals surface area contributed by atoms with Gasteiger partial charge in [-0.3, -0.25) is 4.79 Å². The van der Waals surface area contributed by atoms with E-state index in [0.717, 1.165) is 17.9 Å². The van der Waals surface area contributed by atoms with Gasteiger partial charge in [0, 0.05) is 36.2 Å². The number of hydrogen-bond donors (Lipinski definition) is 1. The molecule has 1 aromatic carbocycles. The van der Waals surface area contributed by atoms with Crippen LogP contribution in [0.4, 0.5) is 5.69 Å². The van der Waals surface area contributed by atoms with Crippen molar-refractivity contribution in [2.75, 3.05) is 31.4 Å². The Morgan fingerprint density at radius 1 is 1.50 bits per heavy atom. The molecule has 18 heavy (non-hydrogen) atoms. The highest BCUT2D eigenvalue weighted by Gasteiger charge is 2.25. The molecule has 1 saturated heterocycles. The molecule has 1 aliphatic heterocycles. The van der Waals surface area contributed by atoms with E-state index in [1.165, 1.54) is 0 Å². The fraction of sp³-hybridized carbons (Fsp3) is 0.462. The van der Waals surface area contributed by atoms with Crippen LogP contribution in [-0.2, 0) is 0 Å². The van der Waals surface area contributed by atoms with Gasteiger partial charge < -0.3 is 15.4 Å². The molecular weight excluding hydrogens is 248 g/mol. The van der Waals surface area contributed by atoms with Crippen LogP contribution in [0.25, 0.3) is 0 Å². The van der Waals surface area contributed by atoms with E-state index in [4.69, 9.17) is 10.5 Å². The molecule has 2 N–H and O–H groups in total. The second kappa shape index (κ2) is 5.52. The summed E-state index contributed by atoms with van der Waals surface area (Å²) in [6.45, 7) is 0. The number of nitrogen functional groups attached to an aromatic ring is 1. The zero-order valence-corrected chi connectivity index (χ0v) is 11.5. The van der Waals surface area contributed by atoms with Gasteiger partial charge in [-0.1, -0.05) is 0 Å². The number of benzene rings is 1. The highest BCUT2D eigenvalue weighted by Crippen LogP contribution is 2.24. The van der Waals surface area contributed by atoms with E-state index in [2.05, 4.69) is 0 Å². The standard InChI is InChI=1S/C13H18N2O2S/c1-15(11-3-4-18-8-11)13(16)9-5-10(14)7-12(6-9)17-2/h5-7,11H,3-4,8,14H2,1-2H3. The number of thioether (sulfide) groups is 1. The fourth-order valence-corrected chi connectivity index (χ4v) is 3.33. The number of carbonyl (C=O) groups excluding carboxylic acids is 1. The van der Waals surface area contributed by atoms with E-state index in [0.29, 0.717) is 23.0 Å². The summed E-state index contributed by atoms with van der Waals surface area (Å²) in [5, 5.41) is 0. The summed E-state index contributed by atoms with van der Waals surface area (Å²) >= 11 is 1.89. The Balaban J connectivity index is 2.19. The van der Waals surface area contributed by atoms with Gasteiger partial charge in [-0.15, -0.1) is 0 Å². The highest BCUT2D eigenvalue weighted by molar-refractivity contribution is 7.99. The fourth-order valence-electron chi connectivity index (χ4n) is 2.06. The Bertz CT molecular complexity index is 445. The van der Waals surface area contributed by atoms with E-state index in [1.807, 2.05) is 23.7 Å². The van der Waals surface area contributed by atoms with Crippen LogP contribution >= 0.6 is 11.8 Å². The molecule has 1 aromatic rings. The minimum Gasteiger partial charge on any atom is -0.497 e. The number of amides is 1. The van der Waals surface area contributed by atoms with Crippen molar-refractivity contribution in [2.24, 2.45) is 0 Å². The maximum atomic E-state index is 12.4. The molecule has 4 nitrogen and oxygen atoms in total. The van der Waals surface area contributed by atoms with Crippen LogP contribution in [0.2, 0.25) is 0 Å². The molecule has 0 radical (unpaired) electrons. The molecule has 0 aromatic heterocycles. The molecule has 98 valence electrons. The number of methoxy groups -OCH3 is 1. The molecule has 0 spiro atoms. The molecule has 1 unspecified atom stereocenters. The Kier molecular flexibility index (Phi) is 4.01. The first-order valence-electron chi connectivity index (χ1n) is 5.91. The Hall–Kier alpha value is -1.36. The van der Waals surface area contributed by atoms with Crippen molar-refractivity contribution in [3.63, 3.8) is 0 Å². The lowest BCUT2D eigenvalue weighted by atomic mass is 10.1. The van der Waals surface area contributed by atoms with Crippen LogP contribution in [0.5, 0.6) is 5.75 Å². The highest BCUT2D eigenvalue weighted by atomic mass is 32.2. The minimum atomic E-state index is 0.00750. The molecule has 2 rings (SSSR count). The average Bonchev–Trinajstić information content (AvgIpc) is 2.90. The van der Waals surface area contributed by atoms with Gasteiger partial charge in [-0.2, -0.15) is 11.8 Å². The van der Waals surface area contributed by atoms with Crippen molar-refractivity contribution in [1.29, 1.82) is 0 Å². The second-order valence-corrected chi connectivity index (χ2v) is 5.58. The summed E-state index contributed by atoms with van der Waals surface area (Å²) in [4.78, 5) is 14.2. The van der Waals surface area contributed by atoms with Crippen LogP contribution in [0, 0.1) is 0 Å². The first-order chi connectivity index (χ1) is 8.61. The van der Waals surface area contributed by atoms with Gasteiger partial charge in [-0.25, -0.2) is 0 Å². The van der Waals surface area contributed by atoms with Crippen LogP contribution in [0.1, 0.15) is 16.8 Å². The molecule has 0 saturated carbocycles. The maximum Gasteiger partial charge on any atom is 0.254 e. The monoisotopic (exact) mass is 266 g/mol. The van der Waals surface area contributed by atoms with Crippen molar-refractivity contribution in [2.45, 2.75) is 12.5 Å². The first-order valence-corrected chi connectivity index (χ1v) is 7.06. The molecular formula is C13H18N2O2S.